The van der Waals surface area contributed by atoms with Crippen LogP contribution in [0.4, 0.5) is 0 Å². The summed E-state index contributed by atoms with van der Waals surface area (Å²) in [6.45, 7) is 7.88. The molecule has 0 bridgehead atoms. The van der Waals surface area contributed by atoms with Crippen LogP contribution >= 0.6 is 0 Å². The van der Waals surface area contributed by atoms with E-state index >= 15 is 0 Å². The molecular weight excluding hydrogens is 422 g/mol. The molecule has 1 N–H and O–H groups in total. The van der Waals surface area contributed by atoms with Gasteiger partial charge in [0.1, 0.15) is 0 Å². The van der Waals surface area contributed by atoms with Gasteiger partial charge in [-0.1, -0.05) is 25.0 Å². The molecule has 2 aliphatic rings. The molecular formula is C20H29N5O7. The number of rotatable bonds is 11. The lowest BCUT2D eigenvalue weighted by Crippen LogP contribution is -2.58. The first-order chi connectivity index (χ1) is 15.3. The van der Waals surface area contributed by atoms with Gasteiger partial charge in [0, 0.05) is 30.6 Å². The first-order valence-electron chi connectivity index (χ1n) is 10.5. The predicted molar refractivity (Wildman–Crippen MR) is 110 cm³/mol. The molecule has 0 spiro atoms. The van der Waals surface area contributed by atoms with Crippen molar-refractivity contribution in [1.29, 1.82) is 0 Å². The molecule has 176 valence electrons. The highest BCUT2D eigenvalue weighted by molar-refractivity contribution is 6.01. The molecule has 2 rings (SSSR count). The average molecular weight is 451 g/mol. The number of nitrogens with zero attached hydrogens (tertiary/aromatic N) is 4. The standard InChI is InChI=1S/C20H29N5O7/c1-4-10-30-20-19(13(3)12(2)14(31-20)11-22-24-21)23-15(26)6-5-7-18(29)32-25-16(27)8-9-17(25)28/h4,12-14,19-20H,1,5-11H2,2-3H3,(H,23,26). The molecule has 2 saturated heterocycles. The van der Waals surface area contributed by atoms with Gasteiger partial charge >= 0.3 is 5.97 Å². The Labute approximate surface area is 185 Å². The zero-order chi connectivity index (χ0) is 23.7. The van der Waals surface area contributed by atoms with Crippen molar-refractivity contribution in [2.24, 2.45) is 17.0 Å². The number of hydrogen-bond donors (Lipinski definition) is 1. The van der Waals surface area contributed by atoms with Crippen molar-refractivity contribution < 1.29 is 33.5 Å². The minimum absolute atomic E-state index is 0.0140. The Balaban J connectivity index is 1.86. The Morgan fingerprint density at radius 3 is 2.59 bits per heavy atom. The van der Waals surface area contributed by atoms with Gasteiger partial charge in [0.15, 0.2) is 6.29 Å². The van der Waals surface area contributed by atoms with E-state index in [4.69, 9.17) is 19.8 Å². The van der Waals surface area contributed by atoms with Crippen molar-refractivity contribution in [3.05, 3.63) is 23.1 Å². The second kappa shape index (κ2) is 12.2. The number of hydrogen-bond acceptors (Lipinski definition) is 8. The van der Waals surface area contributed by atoms with Crippen LogP contribution < -0.4 is 5.32 Å². The van der Waals surface area contributed by atoms with Gasteiger partial charge in [0.25, 0.3) is 11.8 Å². The Morgan fingerprint density at radius 2 is 1.97 bits per heavy atom. The monoisotopic (exact) mass is 451 g/mol. The lowest BCUT2D eigenvalue weighted by atomic mass is 9.82. The van der Waals surface area contributed by atoms with Crippen LogP contribution in [0.1, 0.15) is 46.0 Å². The van der Waals surface area contributed by atoms with E-state index in [1.54, 1.807) is 6.08 Å². The van der Waals surface area contributed by atoms with E-state index in [1.807, 2.05) is 13.8 Å². The maximum Gasteiger partial charge on any atom is 0.333 e. The Morgan fingerprint density at radius 1 is 1.28 bits per heavy atom. The summed E-state index contributed by atoms with van der Waals surface area (Å²) in [5, 5.41) is 6.97. The molecule has 2 fully saturated rings. The highest BCUT2D eigenvalue weighted by Crippen LogP contribution is 2.32. The highest BCUT2D eigenvalue weighted by atomic mass is 16.7. The molecule has 32 heavy (non-hydrogen) atoms. The van der Waals surface area contributed by atoms with Crippen LogP contribution in [-0.4, -0.2) is 60.3 Å². The number of ether oxygens (including phenoxy) is 2. The number of carbonyl (C=O) groups excluding carboxylic acids is 4. The number of azide groups is 1. The summed E-state index contributed by atoms with van der Waals surface area (Å²) in [6.07, 6.45) is 0.590. The summed E-state index contributed by atoms with van der Waals surface area (Å²) in [5.41, 5.74) is 8.59. The number of imide groups is 1. The summed E-state index contributed by atoms with van der Waals surface area (Å²) in [7, 11) is 0. The second-order valence-electron chi connectivity index (χ2n) is 7.79. The molecule has 12 nitrogen and oxygen atoms in total. The van der Waals surface area contributed by atoms with Crippen LogP contribution in [0.3, 0.4) is 0 Å². The Hall–Kier alpha value is -2.95. The zero-order valence-electron chi connectivity index (χ0n) is 18.3. The van der Waals surface area contributed by atoms with E-state index < -0.39 is 30.1 Å². The maximum atomic E-state index is 12.5. The van der Waals surface area contributed by atoms with Gasteiger partial charge in [0.2, 0.25) is 5.91 Å². The van der Waals surface area contributed by atoms with Gasteiger partial charge in [-0.3, -0.25) is 14.4 Å². The van der Waals surface area contributed by atoms with Gasteiger partial charge in [-0.05, 0) is 23.8 Å². The minimum atomic E-state index is -0.752. The first-order valence-corrected chi connectivity index (χ1v) is 10.5. The zero-order valence-corrected chi connectivity index (χ0v) is 18.3. The van der Waals surface area contributed by atoms with Crippen LogP contribution in [0.15, 0.2) is 17.8 Å². The molecule has 12 heteroatoms. The topological polar surface area (TPSA) is 160 Å². The quantitative estimate of drug-likeness (QED) is 0.165. The smallest absolute Gasteiger partial charge is 0.333 e. The van der Waals surface area contributed by atoms with Crippen LogP contribution in [0, 0.1) is 11.8 Å². The maximum absolute atomic E-state index is 12.5. The fourth-order valence-corrected chi connectivity index (χ4v) is 3.58. The fraction of sp³-hybridized carbons (Fsp3) is 0.700. The van der Waals surface area contributed by atoms with Crippen molar-refractivity contribution >= 4 is 23.7 Å². The summed E-state index contributed by atoms with van der Waals surface area (Å²) in [6, 6.07) is -0.452. The molecule has 0 aromatic carbocycles. The van der Waals surface area contributed by atoms with E-state index in [0.29, 0.717) is 5.06 Å². The van der Waals surface area contributed by atoms with Crippen molar-refractivity contribution in [2.75, 3.05) is 13.2 Å². The molecule has 5 unspecified atom stereocenters. The SMILES string of the molecule is C=CCOC1OC(CN=[N+]=[N-])C(C)C(C)C1NC(=O)CCCC(=O)ON1C(=O)CCC1=O. The van der Waals surface area contributed by atoms with E-state index in [0.717, 1.165) is 0 Å². The fourth-order valence-electron chi connectivity index (χ4n) is 3.58. The Bertz CT molecular complexity index is 766. The van der Waals surface area contributed by atoms with E-state index in [1.165, 1.54) is 0 Å². The average Bonchev–Trinajstić information content (AvgIpc) is 3.07. The van der Waals surface area contributed by atoms with Crippen LogP contribution in [0.2, 0.25) is 0 Å². The minimum Gasteiger partial charge on any atom is -0.348 e. The van der Waals surface area contributed by atoms with Gasteiger partial charge in [-0.25, -0.2) is 4.79 Å². The van der Waals surface area contributed by atoms with Gasteiger partial charge in [0.05, 0.1) is 25.3 Å². The largest absolute Gasteiger partial charge is 0.348 e. The van der Waals surface area contributed by atoms with Gasteiger partial charge in [-0.15, -0.1) is 11.6 Å². The molecule has 0 aromatic rings. The van der Waals surface area contributed by atoms with Crippen molar-refractivity contribution in [2.45, 2.75) is 64.4 Å². The summed E-state index contributed by atoms with van der Waals surface area (Å²) >= 11 is 0. The molecule has 0 aliphatic carbocycles. The molecule has 0 saturated carbocycles. The number of nitrogens with one attached hydrogen (secondary N) is 1. The molecule has 5 atom stereocenters. The molecule has 0 radical (unpaired) electrons. The summed E-state index contributed by atoms with van der Waals surface area (Å²) < 4.78 is 11.6. The Kier molecular flexibility index (Phi) is 9.63. The van der Waals surface area contributed by atoms with Crippen LogP contribution in [0.25, 0.3) is 10.4 Å². The van der Waals surface area contributed by atoms with E-state index in [-0.39, 0.29) is 69.1 Å². The van der Waals surface area contributed by atoms with Crippen molar-refractivity contribution in [1.82, 2.24) is 10.4 Å². The second-order valence-corrected chi connectivity index (χ2v) is 7.79. The van der Waals surface area contributed by atoms with E-state index in [2.05, 4.69) is 21.9 Å². The molecule has 0 aromatic heterocycles. The molecule has 2 heterocycles. The third kappa shape index (κ3) is 6.78. The van der Waals surface area contributed by atoms with Gasteiger partial charge in [-0.2, -0.15) is 0 Å². The lowest BCUT2D eigenvalue weighted by Gasteiger charge is -2.44. The third-order valence-corrected chi connectivity index (χ3v) is 5.60. The number of amides is 3. The highest BCUT2D eigenvalue weighted by Gasteiger charge is 2.42. The van der Waals surface area contributed by atoms with Crippen LogP contribution in [0.5, 0.6) is 0 Å². The van der Waals surface area contributed by atoms with Gasteiger partial charge < -0.3 is 19.6 Å². The predicted octanol–water partition coefficient (Wildman–Crippen LogP) is 1.76. The third-order valence-electron chi connectivity index (χ3n) is 5.60. The number of hydroxylamine groups is 2. The molecule has 2 aliphatic heterocycles. The molecule has 3 amide bonds. The van der Waals surface area contributed by atoms with Crippen molar-refractivity contribution in [3.63, 3.8) is 0 Å². The van der Waals surface area contributed by atoms with E-state index in [9.17, 15) is 19.2 Å². The van der Waals surface area contributed by atoms with Crippen LogP contribution in [-0.2, 0) is 33.5 Å². The summed E-state index contributed by atoms with van der Waals surface area (Å²) in [4.78, 5) is 54.9. The first kappa shape index (κ1) is 25.3. The summed E-state index contributed by atoms with van der Waals surface area (Å²) in [5.74, 6) is -2.22. The number of carbonyl (C=O) groups is 4. The lowest BCUT2D eigenvalue weighted by molar-refractivity contribution is -0.229. The van der Waals surface area contributed by atoms with Crippen molar-refractivity contribution in [3.8, 4) is 0 Å². The normalized spacial score (nSPS) is 27.6.